The maximum absolute atomic E-state index is 12.5. The summed E-state index contributed by atoms with van der Waals surface area (Å²) in [5.41, 5.74) is 2.24. The van der Waals surface area contributed by atoms with E-state index in [2.05, 4.69) is 4.74 Å². The molecule has 128 valence electrons. The molecular formula is C19H23NO4. The fourth-order valence-electron chi connectivity index (χ4n) is 3.62. The maximum atomic E-state index is 12.5. The predicted octanol–water partition coefficient (Wildman–Crippen LogP) is 3.44. The van der Waals surface area contributed by atoms with Crippen LogP contribution in [-0.2, 0) is 20.9 Å². The quantitative estimate of drug-likeness (QED) is 0.627. The fourth-order valence-corrected chi connectivity index (χ4v) is 3.62. The largest absolute Gasteiger partial charge is 0.469 e. The van der Waals surface area contributed by atoms with Crippen molar-refractivity contribution in [2.45, 2.75) is 50.8 Å². The van der Waals surface area contributed by atoms with Crippen molar-refractivity contribution < 1.29 is 19.1 Å². The van der Waals surface area contributed by atoms with Crippen LogP contribution in [0, 0.1) is 0 Å². The van der Waals surface area contributed by atoms with Gasteiger partial charge in [-0.05, 0) is 31.2 Å². The number of hydrogen-bond donors (Lipinski definition) is 0. The van der Waals surface area contributed by atoms with Gasteiger partial charge in [0.2, 0.25) is 0 Å². The van der Waals surface area contributed by atoms with Crippen LogP contribution in [-0.4, -0.2) is 36.2 Å². The highest BCUT2D eigenvalue weighted by Crippen LogP contribution is 2.39. The number of benzene rings is 1. The molecule has 2 aliphatic heterocycles. The van der Waals surface area contributed by atoms with Crippen LogP contribution < -0.4 is 0 Å². The molecule has 0 N–H and O–H groups in total. The number of esters is 1. The number of fused-ring (bicyclic) bond motifs is 2. The highest BCUT2D eigenvalue weighted by atomic mass is 16.6. The Morgan fingerprint density at radius 3 is 2.46 bits per heavy atom. The second-order valence-electron chi connectivity index (χ2n) is 6.38. The molecule has 2 heterocycles. The predicted molar refractivity (Wildman–Crippen MR) is 89.2 cm³/mol. The lowest BCUT2D eigenvalue weighted by molar-refractivity contribution is -0.139. The number of piperidine rings is 1. The Hall–Kier alpha value is -2.30. The second kappa shape index (κ2) is 7.51. The molecule has 0 radical (unpaired) electrons. The molecule has 1 amide bonds. The second-order valence-corrected chi connectivity index (χ2v) is 6.38. The van der Waals surface area contributed by atoms with E-state index in [1.54, 1.807) is 0 Å². The summed E-state index contributed by atoms with van der Waals surface area (Å²) in [5, 5.41) is 0. The van der Waals surface area contributed by atoms with Gasteiger partial charge in [-0.3, -0.25) is 4.79 Å². The molecule has 2 unspecified atom stereocenters. The lowest BCUT2D eigenvalue weighted by Crippen LogP contribution is -2.44. The van der Waals surface area contributed by atoms with Crippen molar-refractivity contribution in [3.05, 3.63) is 47.5 Å². The number of amides is 1. The summed E-state index contributed by atoms with van der Waals surface area (Å²) in [4.78, 5) is 25.6. The normalized spacial score (nSPS) is 22.2. The monoisotopic (exact) mass is 329 g/mol. The minimum absolute atomic E-state index is 0.191. The van der Waals surface area contributed by atoms with Crippen LogP contribution in [0.3, 0.4) is 0 Å². The zero-order valence-corrected chi connectivity index (χ0v) is 13.9. The van der Waals surface area contributed by atoms with Gasteiger partial charge in [0.1, 0.15) is 6.61 Å². The fraction of sp³-hybridized carbons (Fsp3) is 0.474. The van der Waals surface area contributed by atoms with E-state index in [1.165, 1.54) is 12.7 Å². The number of ether oxygens (including phenoxy) is 2. The van der Waals surface area contributed by atoms with Crippen molar-refractivity contribution in [2.75, 3.05) is 7.11 Å². The average Bonchev–Trinajstić information content (AvgIpc) is 2.89. The van der Waals surface area contributed by atoms with Gasteiger partial charge in [0, 0.05) is 12.1 Å². The summed E-state index contributed by atoms with van der Waals surface area (Å²) in [6, 6.07) is 10.1. The highest BCUT2D eigenvalue weighted by molar-refractivity contribution is 5.71. The molecule has 2 atom stereocenters. The van der Waals surface area contributed by atoms with E-state index in [-0.39, 0.29) is 24.1 Å². The molecule has 3 rings (SSSR count). The number of hydrogen-bond acceptors (Lipinski definition) is 4. The van der Waals surface area contributed by atoms with E-state index in [9.17, 15) is 9.59 Å². The summed E-state index contributed by atoms with van der Waals surface area (Å²) >= 11 is 0. The van der Waals surface area contributed by atoms with Gasteiger partial charge in [-0.1, -0.05) is 42.0 Å². The van der Waals surface area contributed by atoms with E-state index in [1.807, 2.05) is 41.3 Å². The number of rotatable bonds is 4. The third kappa shape index (κ3) is 3.78. The van der Waals surface area contributed by atoms with Crippen LogP contribution in [0.15, 0.2) is 42.0 Å². The zero-order valence-electron chi connectivity index (χ0n) is 13.9. The molecule has 0 aliphatic carbocycles. The maximum Gasteiger partial charge on any atom is 0.410 e. The van der Waals surface area contributed by atoms with Gasteiger partial charge in [0.15, 0.2) is 0 Å². The van der Waals surface area contributed by atoms with Crippen LogP contribution in [0.1, 0.15) is 37.7 Å². The minimum atomic E-state index is -0.224. The van der Waals surface area contributed by atoms with Crippen LogP contribution in [0.25, 0.3) is 0 Å². The van der Waals surface area contributed by atoms with Crippen molar-refractivity contribution in [3.63, 3.8) is 0 Å². The van der Waals surface area contributed by atoms with Gasteiger partial charge >= 0.3 is 12.1 Å². The standard InChI is InChI=1S/C19H23NO4/c1-23-18(21)10-7-15-11-16-8-9-17(12-15)20(16)19(22)24-13-14-5-3-2-4-6-14/h2-7,16-17H,8-13H2,1H3. The Bertz CT molecular complexity index is 610. The first kappa shape index (κ1) is 16.6. The van der Waals surface area contributed by atoms with Crippen LogP contribution in [0.4, 0.5) is 4.79 Å². The summed E-state index contributed by atoms with van der Waals surface area (Å²) < 4.78 is 10.2. The molecular weight excluding hydrogens is 306 g/mol. The zero-order chi connectivity index (χ0) is 16.9. The van der Waals surface area contributed by atoms with Gasteiger partial charge < -0.3 is 14.4 Å². The molecule has 5 heteroatoms. The molecule has 0 spiro atoms. The summed E-state index contributed by atoms with van der Waals surface area (Å²) in [5.74, 6) is -0.223. The lowest BCUT2D eigenvalue weighted by atomic mass is 9.96. The van der Waals surface area contributed by atoms with E-state index < -0.39 is 0 Å². The van der Waals surface area contributed by atoms with Gasteiger partial charge in [0.05, 0.1) is 13.5 Å². The van der Waals surface area contributed by atoms with Crippen LogP contribution >= 0.6 is 0 Å². The van der Waals surface area contributed by atoms with Crippen molar-refractivity contribution >= 4 is 12.1 Å². The van der Waals surface area contributed by atoms with E-state index in [4.69, 9.17) is 4.74 Å². The molecule has 2 fully saturated rings. The van der Waals surface area contributed by atoms with E-state index in [0.717, 1.165) is 31.2 Å². The van der Waals surface area contributed by atoms with Gasteiger partial charge in [-0.25, -0.2) is 4.79 Å². The average molecular weight is 329 g/mol. The SMILES string of the molecule is COC(=O)CC=C1CC2CCC(C1)N2C(=O)OCc1ccccc1. The van der Waals surface area contributed by atoms with E-state index >= 15 is 0 Å². The minimum Gasteiger partial charge on any atom is -0.469 e. The Labute approximate surface area is 142 Å². The molecule has 5 nitrogen and oxygen atoms in total. The molecule has 0 aromatic heterocycles. The van der Waals surface area contributed by atoms with Crippen molar-refractivity contribution in [1.82, 2.24) is 4.90 Å². The molecule has 1 aromatic carbocycles. The molecule has 2 bridgehead atoms. The molecule has 1 aromatic rings. The Morgan fingerprint density at radius 1 is 1.17 bits per heavy atom. The number of methoxy groups -OCH3 is 1. The Balaban J connectivity index is 1.56. The van der Waals surface area contributed by atoms with Crippen LogP contribution in [0.2, 0.25) is 0 Å². The smallest absolute Gasteiger partial charge is 0.410 e. The summed E-state index contributed by atoms with van der Waals surface area (Å²) in [6.07, 6.45) is 5.70. The van der Waals surface area contributed by atoms with Gasteiger partial charge in [0.25, 0.3) is 0 Å². The molecule has 24 heavy (non-hydrogen) atoms. The van der Waals surface area contributed by atoms with Gasteiger partial charge in [-0.2, -0.15) is 0 Å². The molecule has 2 aliphatic rings. The van der Waals surface area contributed by atoms with Crippen molar-refractivity contribution in [2.24, 2.45) is 0 Å². The van der Waals surface area contributed by atoms with E-state index in [0.29, 0.717) is 13.0 Å². The molecule has 0 saturated carbocycles. The first-order valence-electron chi connectivity index (χ1n) is 8.41. The first-order chi connectivity index (χ1) is 11.7. The molecule has 2 saturated heterocycles. The number of carbonyl (C=O) groups excluding carboxylic acids is 2. The summed E-state index contributed by atoms with van der Waals surface area (Å²) in [7, 11) is 1.40. The summed E-state index contributed by atoms with van der Waals surface area (Å²) in [6.45, 7) is 0.306. The first-order valence-corrected chi connectivity index (χ1v) is 8.41. The Kier molecular flexibility index (Phi) is 5.18. The highest BCUT2D eigenvalue weighted by Gasteiger charge is 2.42. The van der Waals surface area contributed by atoms with Crippen LogP contribution in [0.5, 0.6) is 0 Å². The third-order valence-electron chi connectivity index (χ3n) is 4.82. The number of carbonyl (C=O) groups is 2. The topological polar surface area (TPSA) is 55.8 Å². The number of nitrogens with zero attached hydrogens (tertiary/aromatic N) is 1. The van der Waals surface area contributed by atoms with Crippen molar-refractivity contribution in [1.29, 1.82) is 0 Å². The Morgan fingerprint density at radius 2 is 1.83 bits per heavy atom. The van der Waals surface area contributed by atoms with Crippen molar-refractivity contribution in [3.8, 4) is 0 Å². The third-order valence-corrected chi connectivity index (χ3v) is 4.82. The lowest BCUT2D eigenvalue weighted by Gasteiger charge is -2.35. The van der Waals surface area contributed by atoms with Gasteiger partial charge in [-0.15, -0.1) is 0 Å².